The SMILES string of the molecule is CCN(CCO)C(=O)c1cnn(-c2ncc3c(n2)-c2ccccc2CCC3)c1C. The first-order chi connectivity index (χ1) is 14.1. The summed E-state index contributed by atoms with van der Waals surface area (Å²) in [6, 6.07) is 8.36. The van der Waals surface area contributed by atoms with Crippen molar-refractivity contribution in [2.24, 2.45) is 0 Å². The Labute approximate surface area is 170 Å². The van der Waals surface area contributed by atoms with Gasteiger partial charge in [0.25, 0.3) is 11.9 Å². The molecule has 0 aliphatic heterocycles. The number of benzene rings is 1. The summed E-state index contributed by atoms with van der Waals surface area (Å²) in [4.78, 5) is 23.8. The summed E-state index contributed by atoms with van der Waals surface area (Å²) in [7, 11) is 0. The number of nitrogens with zero attached hydrogens (tertiary/aromatic N) is 5. The number of carbonyl (C=O) groups is 1. The highest BCUT2D eigenvalue weighted by atomic mass is 16.3. The van der Waals surface area contributed by atoms with Gasteiger partial charge in [0.15, 0.2) is 0 Å². The Morgan fingerprint density at radius 2 is 2.00 bits per heavy atom. The second kappa shape index (κ2) is 8.13. The third-order valence-electron chi connectivity index (χ3n) is 5.49. The van der Waals surface area contributed by atoms with Gasteiger partial charge in [-0.1, -0.05) is 24.3 Å². The van der Waals surface area contributed by atoms with Crippen molar-refractivity contribution in [3.63, 3.8) is 0 Å². The molecule has 0 unspecified atom stereocenters. The molecule has 4 rings (SSSR count). The molecule has 2 heterocycles. The maximum atomic E-state index is 12.8. The van der Waals surface area contributed by atoms with Crippen LogP contribution in [0.5, 0.6) is 0 Å². The van der Waals surface area contributed by atoms with Crippen LogP contribution >= 0.6 is 0 Å². The molecule has 0 saturated heterocycles. The molecule has 150 valence electrons. The van der Waals surface area contributed by atoms with E-state index in [-0.39, 0.29) is 12.5 Å². The van der Waals surface area contributed by atoms with Crippen molar-refractivity contribution in [1.29, 1.82) is 0 Å². The number of hydrogen-bond donors (Lipinski definition) is 1. The minimum atomic E-state index is -0.148. The molecule has 0 fully saturated rings. The predicted molar refractivity (Wildman–Crippen MR) is 110 cm³/mol. The Hall–Kier alpha value is -3.06. The number of aromatic nitrogens is 4. The van der Waals surface area contributed by atoms with E-state index in [2.05, 4.69) is 28.3 Å². The molecule has 0 radical (unpaired) electrons. The van der Waals surface area contributed by atoms with Crippen molar-refractivity contribution >= 4 is 5.91 Å². The van der Waals surface area contributed by atoms with Gasteiger partial charge in [-0.3, -0.25) is 4.79 Å². The van der Waals surface area contributed by atoms with E-state index in [1.165, 1.54) is 5.56 Å². The summed E-state index contributed by atoms with van der Waals surface area (Å²) >= 11 is 0. The zero-order chi connectivity index (χ0) is 20.4. The number of rotatable bonds is 5. The van der Waals surface area contributed by atoms with E-state index in [4.69, 9.17) is 4.98 Å². The van der Waals surface area contributed by atoms with Gasteiger partial charge < -0.3 is 10.0 Å². The van der Waals surface area contributed by atoms with Gasteiger partial charge in [0.05, 0.1) is 29.8 Å². The third-order valence-corrected chi connectivity index (χ3v) is 5.49. The van der Waals surface area contributed by atoms with Crippen molar-refractivity contribution in [3.05, 3.63) is 59.0 Å². The normalized spacial score (nSPS) is 12.8. The van der Waals surface area contributed by atoms with Crippen LogP contribution in [0.1, 0.15) is 40.5 Å². The van der Waals surface area contributed by atoms with Crippen LogP contribution in [-0.2, 0) is 12.8 Å². The third kappa shape index (κ3) is 3.53. The van der Waals surface area contributed by atoms with Crippen molar-refractivity contribution < 1.29 is 9.90 Å². The lowest BCUT2D eigenvalue weighted by Crippen LogP contribution is -2.33. The first kappa shape index (κ1) is 19.3. The zero-order valence-corrected chi connectivity index (χ0v) is 16.8. The lowest BCUT2D eigenvalue weighted by atomic mass is 10.0. The number of likely N-dealkylation sites (N-methyl/N-ethyl adjacent to an activating group) is 1. The quantitative estimate of drug-likeness (QED) is 0.723. The fraction of sp³-hybridized carbons (Fsp3) is 0.364. The van der Waals surface area contributed by atoms with Gasteiger partial charge in [-0.05, 0) is 44.2 Å². The summed E-state index contributed by atoms with van der Waals surface area (Å²) in [6.45, 7) is 4.48. The summed E-state index contributed by atoms with van der Waals surface area (Å²) in [5.74, 6) is 0.313. The average Bonchev–Trinajstić information content (AvgIpc) is 3.03. The highest BCUT2D eigenvalue weighted by molar-refractivity contribution is 5.95. The molecule has 0 saturated carbocycles. The van der Waals surface area contributed by atoms with Crippen LogP contribution in [0.3, 0.4) is 0 Å². The molecule has 1 N–H and O–H groups in total. The van der Waals surface area contributed by atoms with Crippen LogP contribution in [0.2, 0.25) is 0 Å². The number of aliphatic hydroxyl groups excluding tert-OH is 1. The molecule has 2 aromatic heterocycles. The molecule has 1 aromatic carbocycles. The number of aliphatic hydroxyl groups is 1. The highest BCUT2D eigenvalue weighted by Crippen LogP contribution is 2.31. The molecule has 0 spiro atoms. The van der Waals surface area contributed by atoms with Crippen LogP contribution in [0.15, 0.2) is 36.7 Å². The molecular weight excluding hydrogens is 366 g/mol. The summed E-state index contributed by atoms with van der Waals surface area (Å²) in [5.41, 5.74) is 5.71. The summed E-state index contributed by atoms with van der Waals surface area (Å²) in [5, 5.41) is 13.6. The predicted octanol–water partition coefficient (Wildman–Crippen LogP) is 2.58. The van der Waals surface area contributed by atoms with Gasteiger partial charge in [0.2, 0.25) is 0 Å². The largest absolute Gasteiger partial charge is 0.395 e. The Bertz CT molecular complexity index is 1040. The molecule has 1 aliphatic rings. The maximum absolute atomic E-state index is 12.8. The Kier molecular flexibility index (Phi) is 5.40. The van der Waals surface area contributed by atoms with Gasteiger partial charge in [0, 0.05) is 24.8 Å². The molecular formula is C22H25N5O2. The van der Waals surface area contributed by atoms with E-state index < -0.39 is 0 Å². The van der Waals surface area contributed by atoms with Gasteiger partial charge >= 0.3 is 0 Å². The lowest BCUT2D eigenvalue weighted by Gasteiger charge is -2.19. The first-order valence-electron chi connectivity index (χ1n) is 10.0. The monoisotopic (exact) mass is 391 g/mol. The topological polar surface area (TPSA) is 84.1 Å². The molecule has 1 aliphatic carbocycles. The van der Waals surface area contributed by atoms with E-state index in [9.17, 15) is 9.90 Å². The second-order valence-electron chi connectivity index (χ2n) is 7.22. The van der Waals surface area contributed by atoms with E-state index >= 15 is 0 Å². The zero-order valence-electron chi connectivity index (χ0n) is 16.8. The van der Waals surface area contributed by atoms with E-state index in [1.807, 2.05) is 26.1 Å². The highest BCUT2D eigenvalue weighted by Gasteiger charge is 2.22. The van der Waals surface area contributed by atoms with Gasteiger partial charge in [-0.25, -0.2) is 14.6 Å². The molecule has 29 heavy (non-hydrogen) atoms. The van der Waals surface area contributed by atoms with Crippen molar-refractivity contribution in [3.8, 4) is 17.2 Å². The molecule has 0 bridgehead atoms. The summed E-state index contributed by atoms with van der Waals surface area (Å²) < 4.78 is 1.62. The average molecular weight is 391 g/mol. The van der Waals surface area contributed by atoms with E-state index in [1.54, 1.807) is 15.8 Å². The number of aryl methyl sites for hydroxylation is 2. The van der Waals surface area contributed by atoms with Crippen molar-refractivity contribution in [2.45, 2.75) is 33.1 Å². The van der Waals surface area contributed by atoms with Crippen LogP contribution < -0.4 is 0 Å². The lowest BCUT2D eigenvalue weighted by molar-refractivity contribution is 0.0731. The van der Waals surface area contributed by atoms with Gasteiger partial charge in [-0.15, -0.1) is 0 Å². The van der Waals surface area contributed by atoms with Crippen molar-refractivity contribution in [2.75, 3.05) is 19.7 Å². The summed E-state index contributed by atoms with van der Waals surface area (Å²) in [6.07, 6.45) is 6.48. The fourth-order valence-electron chi connectivity index (χ4n) is 3.87. The van der Waals surface area contributed by atoms with Crippen LogP contribution in [-0.4, -0.2) is 55.4 Å². The minimum absolute atomic E-state index is 0.0693. The van der Waals surface area contributed by atoms with E-state index in [0.717, 1.165) is 36.1 Å². The molecule has 0 atom stereocenters. The second-order valence-corrected chi connectivity index (χ2v) is 7.22. The molecule has 3 aromatic rings. The Morgan fingerprint density at radius 1 is 1.21 bits per heavy atom. The fourth-order valence-corrected chi connectivity index (χ4v) is 3.87. The van der Waals surface area contributed by atoms with E-state index in [0.29, 0.717) is 30.3 Å². The van der Waals surface area contributed by atoms with Crippen LogP contribution in [0.25, 0.3) is 17.2 Å². The standard InChI is InChI=1S/C22H25N5O2/c1-3-26(11-12-28)21(29)19-14-24-27(15(19)2)22-23-13-17-9-6-8-16-7-4-5-10-18(16)20(17)25-22/h4-5,7,10,13-14,28H,3,6,8-9,11-12H2,1-2H3. The number of hydrogen-bond acceptors (Lipinski definition) is 5. The number of carbonyl (C=O) groups excluding carboxylic acids is 1. The molecule has 1 amide bonds. The Balaban J connectivity index is 1.74. The minimum Gasteiger partial charge on any atom is -0.395 e. The molecule has 7 nitrogen and oxygen atoms in total. The Morgan fingerprint density at radius 3 is 2.79 bits per heavy atom. The first-order valence-corrected chi connectivity index (χ1v) is 10.0. The van der Waals surface area contributed by atoms with Gasteiger partial charge in [0.1, 0.15) is 0 Å². The van der Waals surface area contributed by atoms with Crippen LogP contribution in [0, 0.1) is 6.92 Å². The molecule has 7 heteroatoms. The number of fused-ring (bicyclic) bond motifs is 3. The maximum Gasteiger partial charge on any atom is 0.257 e. The van der Waals surface area contributed by atoms with Gasteiger partial charge in [-0.2, -0.15) is 5.10 Å². The smallest absolute Gasteiger partial charge is 0.257 e. The number of amides is 1. The van der Waals surface area contributed by atoms with Crippen molar-refractivity contribution in [1.82, 2.24) is 24.6 Å². The van der Waals surface area contributed by atoms with Crippen LogP contribution in [0.4, 0.5) is 0 Å².